The molecule has 0 radical (unpaired) electrons. The highest BCUT2D eigenvalue weighted by atomic mass is 16.5. The van der Waals surface area contributed by atoms with E-state index in [0.717, 1.165) is 47.5 Å². The molecule has 1 N–H and O–H groups in total. The highest BCUT2D eigenvalue weighted by molar-refractivity contribution is 6.06. The number of hydrogen-bond acceptors (Lipinski definition) is 5. The molecule has 2 atom stereocenters. The maximum absolute atomic E-state index is 14.3. The van der Waals surface area contributed by atoms with Gasteiger partial charge in [-0.3, -0.25) is 14.5 Å². The largest absolute Gasteiger partial charge is 0.465 e. The van der Waals surface area contributed by atoms with Gasteiger partial charge in [0.05, 0.1) is 30.1 Å². The SMILES string of the molecule is CCCCCC(=O)N1c2ccccc2NC2=C(C(=O)CC(c3ccc(C(C)(C)C)cc3)C2)C1c1ccc(C(=O)OC)cc1. The number of Topliss-reactive ketones (excluding diaryl/α,β-unsaturated/α-hetero) is 1. The van der Waals surface area contributed by atoms with Crippen molar-refractivity contribution in [2.45, 2.75) is 83.6 Å². The fourth-order valence-electron chi connectivity index (χ4n) is 6.24. The summed E-state index contributed by atoms with van der Waals surface area (Å²) in [7, 11) is 1.35. The third-order valence-corrected chi connectivity index (χ3v) is 8.65. The summed E-state index contributed by atoms with van der Waals surface area (Å²) in [5, 5.41) is 3.61. The van der Waals surface area contributed by atoms with Crippen molar-refractivity contribution >= 4 is 29.0 Å². The van der Waals surface area contributed by atoms with Gasteiger partial charge < -0.3 is 10.1 Å². The average molecular weight is 579 g/mol. The lowest BCUT2D eigenvalue weighted by atomic mass is 9.77. The van der Waals surface area contributed by atoms with E-state index in [0.29, 0.717) is 30.4 Å². The number of fused-ring (bicyclic) bond motifs is 1. The molecule has 5 rings (SSSR count). The summed E-state index contributed by atoms with van der Waals surface area (Å²) < 4.78 is 4.91. The van der Waals surface area contributed by atoms with E-state index in [4.69, 9.17) is 4.74 Å². The second-order valence-corrected chi connectivity index (χ2v) is 12.7. The number of carbonyl (C=O) groups excluding carboxylic acids is 3. The zero-order valence-corrected chi connectivity index (χ0v) is 25.9. The molecule has 1 aliphatic carbocycles. The van der Waals surface area contributed by atoms with E-state index in [9.17, 15) is 14.4 Å². The van der Waals surface area contributed by atoms with Crippen LogP contribution in [0.15, 0.2) is 84.1 Å². The van der Waals surface area contributed by atoms with E-state index < -0.39 is 12.0 Å². The number of methoxy groups -OCH3 is 1. The van der Waals surface area contributed by atoms with Crippen LogP contribution in [0, 0.1) is 0 Å². The van der Waals surface area contributed by atoms with Crippen molar-refractivity contribution in [1.29, 1.82) is 0 Å². The van der Waals surface area contributed by atoms with Crippen LogP contribution in [0.25, 0.3) is 0 Å². The molecule has 0 bridgehead atoms. The standard InChI is InChI=1S/C37H42N2O4/c1-6-7-8-13-33(41)39-31-12-10-9-11-29(31)38-30-22-27(24-18-20-28(21-19-24)37(2,3)4)23-32(40)34(30)35(39)25-14-16-26(17-15-25)36(42)43-5/h9-12,14-21,27,35,38H,6-8,13,22-23H2,1-5H3. The van der Waals surface area contributed by atoms with Gasteiger partial charge in [0, 0.05) is 24.1 Å². The molecule has 43 heavy (non-hydrogen) atoms. The molecule has 0 spiro atoms. The fraction of sp³-hybridized carbons (Fsp3) is 0.378. The van der Waals surface area contributed by atoms with Gasteiger partial charge in [-0.2, -0.15) is 0 Å². The molecule has 6 nitrogen and oxygen atoms in total. The predicted octanol–water partition coefficient (Wildman–Crippen LogP) is 8.25. The molecule has 6 heteroatoms. The van der Waals surface area contributed by atoms with Crippen LogP contribution in [0.4, 0.5) is 11.4 Å². The minimum Gasteiger partial charge on any atom is -0.465 e. The zero-order chi connectivity index (χ0) is 30.7. The lowest BCUT2D eigenvalue weighted by Crippen LogP contribution is -2.38. The number of allylic oxidation sites excluding steroid dienone is 1. The number of nitrogens with one attached hydrogen (secondary N) is 1. The molecule has 3 aromatic carbocycles. The molecule has 0 saturated heterocycles. The van der Waals surface area contributed by atoms with Crippen LogP contribution in [0.5, 0.6) is 0 Å². The van der Waals surface area contributed by atoms with Gasteiger partial charge in [0.2, 0.25) is 5.91 Å². The molecule has 224 valence electrons. The minimum atomic E-state index is -0.622. The normalized spacial score (nSPS) is 18.3. The van der Waals surface area contributed by atoms with Gasteiger partial charge in [0.25, 0.3) is 0 Å². The number of nitrogens with zero attached hydrogens (tertiary/aromatic N) is 1. The Kier molecular flexibility index (Phi) is 8.86. The second kappa shape index (κ2) is 12.6. The van der Waals surface area contributed by atoms with Crippen molar-refractivity contribution in [3.8, 4) is 0 Å². The molecular weight excluding hydrogens is 536 g/mol. The number of para-hydroxylation sites is 2. The lowest BCUT2D eigenvalue weighted by molar-refractivity contribution is -0.119. The van der Waals surface area contributed by atoms with Crippen molar-refractivity contribution in [2.24, 2.45) is 0 Å². The van der Waals surface area contributed by atoms with Crippen LogP contribution in [0.1, 0.15) is 105 Å². The smallest absolute Gasteiger partial charge is 0.337 e. The summed E-state index contributed by atoms with van der Waals surface area (Å²) in [5.41, 5.74) is 6.67. The van der Waals surface area contributed by atoms with Crippen molar-refractivity contribution in [2.75, 3.05) is 17.3 Å². The first kappa shape index (κ1) is 30.3. The molecule has 2 aliphatic rings. The van der Waals surface area contributed by atoms with Gasteiger partial charge in [-0.05, 0) is 65.1 Å². The van der Waals surface area contributed by atoms with E-state index in [1.165, 1.54) is 12.7 Å². The Morgan fingerprint density at radius 2 is 1.58 bits per heavy atom. The molecule has 0 aromatic heterocycles. The van der Waals surface area contributed by atoms with E-state index in [1.54, 1.807) is 12.1 Å². The first-order valence-electron chi connectivity index (χ1n) is 15.4. The zero-order valence-electron chi connectivity index (χ0n) is 25.9. The maximum Gasteiger partial charge on any atom is 0.337 e. The quantitative estimate of drug-likeness (QED) is 0.226. The Balaban J connectivity index is 1.62. The van der Waals surface area contributed by atoms with Crippen molar-refractivity contribution in [3.05, 3.63) is 106 Å². The van der Waals surface area contributed by atoms with Crippen LogP contribution in [-0.2, 0) is 19.7 Å². The number of unbranched alkanes of at least 4 members (excludes halogenated alkanes) is 2. The van der Waals surface area contributed by atoms with E-state index in [2.05, 4.69) is 57.3 Å². The number of amides is 1. The monoisotopic (exact) mass is 578 g/mol. The predicted molar refractivity (Wildman–Crippen MR) is 171 cm³/mol. The first-order chi connectivity index (χ1) is 20.6. The average Bonchev–Trinajstić information content (AvgIpc) is 3.15. The number of ether oxygens (including phenoxy) is 1. The molecular formula is C37H42N2O4. The molecule has 3 aromatic rings. The van der Waals surface area contributed by atoms with Crippen LogP contribution in [-0.4, -0.2) is 24.8 Å². The van der Waals surface area contributed by atoms with Crippen LogP contribution >= 0.6 is 0 Å². The van der Waals surface area contributed by atoms with Gasteiger partial charge in [-0.25, -0.2) is 4.79 Å². The Labute approximate surface area is 255 Å². The summed E-state index contributed by atoms with van der Waals surface area (Å²) in [6, 6.07) is 22.9. The molecule has 0 fully saturated rings. The Morgan fingerprint density at radius 1 is 0.907 bits per heavy atom. The second-order valence-electron chi connectivity index (χ2n) is 12.7. The van der Waals surface area contributed by atoms with Gasteiger partial charge in [0.15, 0.2) is 5.78 Å². The van der Waals surface area contributed by atoms with Crippen molar-refractivity contribution in [3.63, 3.8) is 0 Å². The summed E-state index contributed by atoms with van der Waals surface area (Å²) >= 11 is 0. The molecule has 1 heterocycles. The minimum absolute atomic E-state index is 0.0220. The summed E-state index contributed by atoms with van der Waals surface area (Å²) in [6.07, 6.45) is 4.15. The van der Waals surface area contributed by atoms with Gasteiger partial charge in [0.1, 0.15) is 0 Å². The maximum atomic E-state index is 14.3. The Hall–Kier alpha value is -4.19. The molecule has 1 amide bonds. The Morgan fingerprint density at radius 3 is 2.23 bits per heavy atom. The lowest BCUT2D eigenvalue weighted by Gasteiger charge is -2.35. The van der Waals surface area contributed by atoms with Gasteiger partial charge in [-0.15, -0.1) is 0 Å². The third-order valence-electron chi connectivity index (χ3n) is 8.65. The van der Waals surface area contributed by atoms with E-state index in [1.807, 2.05) is 41.3 Å². The Bertz CT molecular complexity index is 1530. The van der Waals surface area contributed by atoms with Crippen LogP contribution < -0.4 is 10.2 Å². The van der Waals surface area contributed by atoms with E-state index in [-0.39, 0.29) is 23.0 Å². The number of rotatable bonds is 7. The summed E-state index contributed by atoms with van der Waals surface area (Å²) in [6.45, 7) is 8.71. The molecule has 2 unspecified atom stereocenters. The topological polar surface area (TPSA) is 75.7 Å². The molecule has 1 aliphatic heterocycles. The van der Waals surface area contributed by atoms with Gasteiger partial charge in [-0.1, -0.05) is 89.1 Å². The number of anilines is 2. The third kappa shape index (κ3) is 6.29. The first-order valence-corrected chi connectivity index (χ1v) is 15.4. The number of hydrogen-bond donors (Lipinski definition) is 1. The van der Waals surface area contributed by atoms with Gasteiger partial charge >= 0.3 is 5.97 Å². The summed E-state index contributed by atoms with van der Waals surface area (Å²) in [5.74, 6) is -0.402. The fourth-order valence-corrected chi connectivity index (χ4v) is 6.24. The number of esters is 1. The highest BCUT2D eigenvalue weighted by Gasteiger charge is 2.41. The highest BCUT2D eigenvalue weighted by Crippen LogP contribution is 2.47. The van der Waals surface area contributed by atoms with Crippen molar-refractivity contribution < 1.29 is 19.1 Å². The van der Waals surface area contributed by atoms with E-state index >= 15 is 0 Å². The van der Waals surface area contributed by atoms with Crippen molar-refractivity contribution in [1.82, 2.24) is 0 Å². The number of carbonyl (C=O) groups is 3. The van der Waals surface area contributed by atoms with Crippen LogP contribution in [0.3, 0.4) is 0 Å². The molecule has 0 saturated carbocycles. The summed E-state index contributed by atoms with van der Waals surface area (Å²) in [4.78, 5) is 42.3. The number of benzene rings is 3. The number of ketones is 1. The van der Waals surface area contributed by atoms with Crippen LogP contribution in [0.2, 0.25) is 0 Å².